The number of benzene rings is 3. The fourth-order valence-electron chi connectivity index (χ4n) is 2.94. The van der Waals surface area contributed by atoms with Crippen molar-refractivity contribution in [2.24, 2.45) is 0 Å². The Hall–Kier alpha value is -3.05. The number of amides is 1. The smallest absolute Gasteiger partial charge is 0.256 e. The van der Waals surface area contributed by atoms with Crippen molar-refractivity contribution in [2.75, 3.05) is 5.32 Å². The summed E-state index contributed by atoms with van der Waals surface area (Å²) in [5.41, 5.74) is 2.31. The average molecular weight is 374 g/mol. The topological polar surface area (TPSA) is 55.1 Å². The van der Waals surface area contributed by atoms with Crippen LogP contribution in [-0.4, -0.2) is 11.1 Å². The quantitative estimate of drug-likeness (QED) is 0.457. The minimum absolute atomic E-state index is 0.122. The first kappa shape index (κ1) is 17.4. The van der Waals surface area contributed by atoms with E-state index >= 15 is 0 Å². The Morgan fingerprint density at radius 2 is 1.81 bits per heavy atom. The van der Waals surface area contributed by atoms with Gasteiger partial charge >= 0.3 is 0 Å². The molecule has 0 unspecified atom stereocenters. The molecule has 4 nitrogen and oxygen atoms in total. The Labute approximate surface area is 161 Å². The minimum Gasteiger partial charge on any atom is -0.360 e. The molecule has 27 heavy (non-hydrogen) atoms. The van der Waals surface area contributed by atoms with Crippen LogP contribution in [0.3, 0.4) is 0 Å². The third-order valence-corrected chi connectivity index (χ3v) is 5.31. The SMILES string of the molecule is Cc1cc(CSc2ccccc2C(=O)Nc2cccc3ccccc23)on1. The van der Waals surface area contributed by atoms with Crippen LogP contribution < -0.4 is 5.32 Å². The number of carbonyl (C=O) groups excluding carboxylic acids is 1. The van der Waals surface area contributed by atoms with E-state index in [1.54, 1.807) is 11.8 Å². The molecule has 1 aromatic heterocycles. The Kier molecular flexibility index (Phi) is 4.94. The first-order chi connectivity index (χ1) is 13.2. The van der Waals surface area contributed by atoms with Gasteiger partial charge in [0.05, 0.1) is 17.0 Å². The summed E-state index contributed by atoms with van der Waals surface area (Å²) in [5, 5.41) is 9.08. The van der Waals surface area contributed by atoms with E-state index in [-0.39, 0.29) is 5.91 Å². The monoisotopic (exact) mass is 374 g/mol. The van der Waals surface area contributed by atoms with Crippen LogP contribution in [-0.2, 0) is 5.75 Å². The van der Waals surface area contributed by atoms with Gasteiger partial charge in [0.25, 0.3) is 5.91 Å². The second-order valence-electron chi connectivity index (χ2n) is 6.20. The lowest BCUT2D eigenvalue weighted by molar-refractivity contribution is 0.102. The van der Waals surface area contributed by atoms with Crippen LogP contribution in [0.5, 0.6) is 0 Å². The van der Waals surface area contributed by atoms with Crippen molar-refractivity contribution in [1.82, 2.24) is 5.16 Å². The number of nitrogens with zero attached hydrogens (tertiary/aromatic N) is 1. The molecule has 0 aliphatic carbocycles. The maximum atomic E-state index is 12.9. The number of rotatable bonds is 5. The van der Waals surface area contributed by atoms with Gasteiger partial charge < -0.3 is 9.84 Å². The molecule has 1 amide bonds. The van der Waals surface area contributed by atoms with Gasteiger partial charge in [0.15, 0.2) is 0 Å². The van der Waals surface area contributed by atoms with E-state index in [0.717, 1.165) is 32.8 Å². The molecule has 0 fully saturated rings. The highest BCUT2D eigenvalue weighted by molar-refractivity contribution is 7.98. The van der Waals surface area contributed by atoms with E-state index in [4.69, 9.17) is 4.52 Å². The van der Waals surface area contributed by atoms with Crippen LogP contribution in [0.2, 0.25) is 0 Å². The molecule has 3 aromatic carbocycles. The standard InChI is InChI=1S/C22H18N2O2S/c1-15-13-17(26-24-15)14-27-21-12-5-4-10-19(21)22(25)23-20-11-6-8-16-7-2-3-9-18(16)20/h2-13H,14H2,1H3,(H,23,25). The van der Waals surface area contributed by atoms with Gasteiger partial charge in [0.1, 0.15) is 5.76 Å². The van der Waals surface area contributed by atoms with Crippen molar-refractivity contribution in [3.8, 4) is 0 Å². The van der Waals surface area contributed by atoms with Gasteiger partial charge in [-0.3, -0.25) is 4.79 Å². The van der Waals surface area contributed by atoms with E-state index in [1.165, 1.54) is 0 Å². The maximum Gasteiger partial charge on any atom is 0.256 e. The number of hydrogen-bond donors (Lipinski definition) is 1. The fourth-order valence-corrected chi connectivity index (χ4v) is 3.86. The number of hydrogen-bond acceptors (Lipinski definition) is 4. The fraction of sp³-hybridized carbons (Fsp3) is 0.0909. The molecule has 0 bridgehead atoms. The number of aromatic nitrogens is 1. The van der Waals surface area contributed by atoms with Crippen molar-refractivity contribution < 1.29 is 9.32 Å². The van der Waals surface area contributed by atoms with Gasteiger partial charge in [-0.2, -0.15) is 0 Å². The van der Waals surface area contributed by atoms with Gasteiger partial charge in [-0.05, 0) is 30.5 Å². The van der Waals surface area contributed by atoms with E-state index < -0.39 is 0 Å². The molecule has 0 saturated heterocycles. The predicted molar refractivity (Wildman–Crippen MR) is 109 cm³/mol. The van der Waals surface area contributed by atoms with E-state index in [2.05, 4.69) is 10.5 Å². The van der Waals surface area contributed by atoms with Gasteiger partial charge in [-0.25, -0.2) is 0 Å². The van der Waals surface area contributed by atoms with Crippen LogP contribution >= 0.6 is 11.8 Å². The number of thioether (sulfide) groups is 1. The van der Waals surface area contributed by atoms with E-state index in [0.29, 0.717) is 11.3 Å². The summed E-state index contributed by atoms with van der Waals surface area (Å²) in [6.45, 7) is 1.89. The van der Waals surface area contributed by atoms with Crippen LogP contribution in [0, 0.1) is 6.92 Å². The van der Waals surface area contributed by atoms with Crippen molar-refractivity contribution in [1.29, 1.82) is 0 Å². The summed E-state index contributed by atoms with van der Waals surface area (Å²) in [6.07, 6.45) is 0. The summed E-state index contributed by atoms with van der Waals surface area (Å²) in [7, 11) is 0. The summed E-state index contributed by atoms with van der Waals surface area (Å²) in [6, 6.07) is 23.4. The highest BCUT2D eigenvalue weighted by Crippen LogP contribution is 2.28. The van der Waals surface area contributed by atoms with Gasteiger partial charge in [-0.1, -0.05) is 53.7 Å². The zero-order valence-electron chi connectivity index (χ0n) is 14.8. The van der Waals surface area contributed by atoms with Gasteiger partial charge in [0, 0.05) is 22.0 Å². The molecular weight excluding hydrogens is 356 g/mol. The van der Waals surface area contributed by atoms with Crippen molar-refractivity contribution in [2.45, 2.75) is 17.6 Å². The largest absolute Gasteiger partial charge is 0.360 e. The van der Waals surface area contributed by atoms with Gasteiger partial charge in [0.2, 0.25) is 0 Å². The Morgan fingerprint density at radius 1 is 1.04 bits per heavy atom. The molecule has 1 heterocycles. The highest BCUT2D eigenvalue weighted by Gasteiger charge is 2.14. The van der Waals surface area contributed by atoms with E-state index in [9.17, 15) is 4.79 Å². The summed E-state index contributed by atoms with van der Waals surface area (Å²) in [5.74, 6) is 1.30. The van der Waals surface area contributed by atoms with Crippen LogP contribution in [0.1, 0.15) is 21.8 Å². The molecule has 0 aliphatic heterocycles. The first-order valence-electron chi connectivity index (χ1n) is 8.64. The molecule has 0 atom stereocenters. The summed E-state index contributed by atoms with van der Waals surface area (Å²) < 4.78 is 5.26. The summed E-state index contributed by atoms with van der Waals surface area (Å²) in [4.78, 5) is 13.8. The second kappa shape index (κ2) is 7.68. The second-order valence-corrected chi connectivity index (χ2v) is 7.22. The Bertz CT molecular complexity index is 1100. The number of carbonyl (C=O) groups is 1. The molecule has 0 spiro atoms. The lowest BCUT2D eigenvalue weighted by Gasteiger charge is -2.11. The van der Waals surface area contributed by atoms with Crippen LogP contribution in [0.25, 0.3) is 10.8 Å². The first-order valence-corrected chi connectivity index (χ1v) is 9.62. The molecule has 5 heteroatoms. The molecule has 0 radical (unpaired) electrons. The Balaban J connectivity index is 1.56. The zero-order chi connectivity index (χ0) is 18.6. The minimum atomic E-state index is -0.122. The molecule has 4 aromatic rings. The number of aryl methyl sites for hydroxylation is 1. The molecule has 0 saturated carbocycles. The highest BCUT2D eigenvalue weighted by atomic mass is 32.2. The number of anilines is 1. The maximum absolute atomic E-state index is 12.9. The van der Waals surface area contributed by atoms with Crippen LogP contribution in [0.4, 0.5) is 5.69 Å². The normalized spacial score (nSPS) is 10.9. The molecule has 4 rings (SSSR count). The lowest BCUT2D eigenvalue weighted by Crippen LogP contribution is -2.13. The van der Waals surface area contributed by atoms with Crippen LogP contribution in [0.15, 0.2) is 82.2 Å². The average Bonchev–Trinajstić information content (AvgIpc) is 3.12. The lowest BCUT2D eigenvalue weighted by atomic mass is 10.1. The molecular formula is C22H18N2O2S. The third kappa shape index (κ3) is 3.88. The third-order valence-electron chi connectivity index (χ3n) is 4.22. The Morgan fingerprint density at radius 3 is 2.67 bits per heavy atom. The molecule has 0 aliphatic rings. The molecule has 134 valence electrons. The van der Waals surface area contributed by atoms with Crippen molar-refractivity contribution in [3.05, 3.63) is 89.8 Å². The molecule has 1 N–H and O–H groups in total. The zero-order valence-corrected chi connectivity index (χ0v) is 15.6. The van der Waals surface area contributed by atoms with E-state index in [1.807, 2.05) is 79.7 Å². The number of fused-ring (bicyclic) bond motifs is 1. The predicted octanol–water partition coefficient (Wildman–Crippen LogP) is 5.68. The van der Waals surface area contributed by atoms with Crippen molar-refractivity contribution >= 4 is 34.1 Å². The number of nitrogens with one attached hydrogen (secondary N) is 1. The van der Waals surface area contributed by atoms with Gasteiger partial charge in [-0.15, -0.1) is 11.8 Å². The summed E-state index contributed by atoms with van der Waals surface area (Å²) >= 11 is 1.56. The van der Waals surface area contributed by atoms with Crippen molar-refractivity contribution in [3.63, 3.8) is 0 Å².